The van der Waals surface area contributed by atoms with Crippen molar-refractivity contribution in [2.45, 2.75) is 62.7 Å². The van der Waals surface area contributed by atoms with E-state index >= 15 is 0 Å². The van der Waals surface area contributed by atoms with Crippen molar-refractivity contribution in [3.05, 3.63) is 0 Å². The number of nitrogens with one attached hydrogen (secondary N) is 1. The van der Waals surface area contributed by atoms with Gasteiger partial charge in [-0.05, 0) is 43.9 Å². The summed E-state index contributed by atoms with van der Waals surface area (Å²) in [7, 11) is 0. The van der Waals surface area contributed by atoms with Gasteiger partial charge in [-0.3, -0.25) is 4.79 Å². The van der Waals surface area contributed by atoms with Gasteiger partial charge in [-0.1, -0.05) is 52.6 Å². The fourth-order valence-electron chi connectivity index (χ4n) is 3.45. The van der Waals surface area contributed by atoms with Gasteiger partial charge in [-0.25, -0.2) is 0 Å². The van der Waals surface area contributed by atoms with Crippen molar-refractivity contribution in [2.24, 2.45) is 16.7 Å². The van der Waals surface area contributed by atoms with Crippen LogP contribution in [-0.4, -0.2) is 15.2 Å². The summed E-state index contributed by atoms with van der Waals surface area (Å²) in [6, 6.07) is 0.337. The molecular formula is C14H23Br2NO. The lowest BCUT2D eigenvalue weighted by atomic mass is 9.70. The molecule has 2 saturated carbocycles. The van der Waals surface area contributed by atoms with Crippen LogP contribution in [0.25, 0.3) is 0 Å². The summed E-state index contributed by atoms with van der Waals surface area (Å²) in [5, 5.41) is 3.26. The van der Waals surface area contributed by atoms with Crippen molar-refractivity contribution >= 4 is 37.8 Å². The molecule has 2 nitrogen and oxygen atoms in total. The predicted molar refractivity (Wildman–Crippen MR) is 82.0 cm³/mol. The SMILES string of the molecule is C[C@H]1C[C@H](NC(=O)[C@]2(C)CC2(Br)Br)CC(C)(C)C1. The molecule has 0 aliphatic heterocycles. The normalized spacial score (nSPS) is 41.2. The molecule has 0 saturated heterocycles. The van der Waals surface area contributed by atoms with Gasteiger partial charge >= 0.3 is 0 Å². The Morgan fingerprint density at radius 2 is 1.78 bits per heavy atom. The van der Waals surface area contributed by atoms with Crippen molar-refractivity contribution in [2.75, 3.05) is 0 Å². The zero-order chi connectivity index (χ0) is 13.8. The highest BCUT2D eigenvalue weighted by Gasteiger charge is 2.66. The van der Waals surface area contributed by atoms with Gasteiger partial charge in [0.05, 0.1) is 8.65 Å². The van der Waals surface area contributed by atoms with Crippen molar-refractivity contribution < 1.29 is 4.79 Å². The lowest BCUT2D eigenvalue weighted by Gasteiger charge is -2.39. The fraction of sp³-hybridized carbons (Fsp3) is 0.929. The lowest BCUT2D eigenvalue weighted by molar-refractivity contribution is -0.127. The molecule has 1 N–H and O–H groups in total. The first-order valence-corrected chi connectivity index (χ1v) is 8.33. The zero-order valence-corrected chi connectivity index (χ0v) is 14.8. The Hall–Kier alpha value is 0.430. The minimum Gasteiger partial charge on any atom is -0.353 e. The van der Waals surface area contributed by atoms with E-state index < -0.39 is 0 Å². The Labute approximate surface area is 127 Å². The average molecular weight is 381 g/mol. The average Bonchev–Trinajstić information content (AvgIpc) is 2.63. The van der Waals surface area contributed by atoms with Crippen LogP contribution in [0.5, 0.6) is 0 Å². The second-order valence-electron chi connectivity index (χ2n) is 7.30. The Bertz CT molecular complexity index is 367. The van der Waals surface area contributed by atoms with Crippen LogP contribution in [0.2, 0.25) is 0 Å². The molecule has 2 rings (SSSR count). The molecule has 1 amide bonds. The van der Waals surface area contributed by atoms with Gasteiger partial charge in [0, 0.05) is 6.04 Å². The highest BCUT2D eigenvalue weighted by Crippen LogP contribution is 2.66. The van der Waals surface area contributed by atoms with Crippen LogP contribution in [0, 0.1) is 16.7 Å². The van der Waals surface area contributed by atoms with E-state index in [0.29, 0.717) is 17.4 Å². The van der Waals surface area contributed by atoms with E-state index in [9.17, 15) is 4.79 Å². The number of carbonyl (C=O) groups is 1. The molecule has 0 spiro atoms. The van der Waals surface area contributed by atoms with E-state index in [4.69, 9.17) is 0 Å². The molecule has 0 unspecified atom stereocenters. The van der Waals surface area contributed by atoms with Crippen molar-refractivity contribution in [3.8, 4) is 0 Å². The maximum atomic E-state index is 12.4. The first kappa shape index (κ1) is 14.8. The van der Waals surface area contributed by atoms with Gasteiger partial charge in [-0.15, -0.1) is 0 Å². The molecule has 3 atom stereocenters. The number of hydrogen-bond acceptors (Lipinski definition) is 1. The summed E-state index contributed by atoms with van der Waals surface area (Å²) in [6.07, 6.45) is 4.33. The quantitative estimate of drug-likeness (QED) is 0.714. The van der Waals surface area contributed by atoms with E-state index in [0.717, 1.165) is 19.3 Å². The third-order valence-corrected chi connectivity index (χ3v) is 6.79. The van der Waals surface area contributed by atoms with E-state index in [-0.39, 0.29) is 14.6 Å². The van der Waals surface area contributed by atoms with Crippen LogP contribution in [0.1, 0.15) is 53.4 Å². The van der Waals surface area contributed by atoms with Crippen molar-refractivity contribution in [1.82, 2.24) is 5.32 Å². The van der Waals surface area contributed by atoms with Gasteiger partial charge in [0.1, 0.15) is 0 Å². The summed E-state index contributed by atoms with van der Waals surface area (Å²) >= 11 is 7.13. The second-order valence-corrected chi connectivity index (χ2v) is 11.1. The molecule has 2 fully saturated rings. The number of hydrogen-bond donors (Lipinski definition) is 1. The summed E-state index contributed by atoms with van der Waals surface area (Å²) < 4.78 is -0.188. The molecule has 2 aliphatic carbocycles. The van der Waals surface area contributed by atoms with Crippen LogP contribution >= 0.6 is 31.9 Å². The summed E-state index contributed by atoms with van der Waals surface area (Å²) in [4.78, 5) is 12.4. The van der Waals surface area contributed by atoms with Gasteiger partial charge in [0.25, 0.3) is 0 Å². The molecule has 0 aromatic rings. The molecule has 104 valence electrons. The van der Waals surface area contributed by atoms with Crippen LogP contribution in [-0.2, 0) is 4.79 Å². The highest BCUT2D eigenvalue weighted by molar-refractivity contribution is 9.25. The van der Waals surface area contributed by atoms with E-state index in [1.165, 1.54) is 6.42 Å². The minimum absolute atomic E-state index is 0.186. The first-order chi connectivity index (χ1) is 8.06. The van der Waals surface area contributed by atoms with E-state index in [1.807, 2.05) is 6.92 Å². The second kappa shape index (κ2) is 4.47. The third kappa shape index (κ3) is 2.79. The highest BCUT2D eigenvalue weighted by atomic mass is 79.9. The molecular weight excluding hydrogens is 358 g/mol. The standard InChI is InChI=1S/C14H23Br2NO/c1-9-5-10(7-12(2,3)6-9)17-11(18)13(4)8-14(13,15)16/h9-10H,5-8H2,1-4H3,(H,17,18)/t9-,10-,13-/m0/s1. The number of rotatable bonds is 2. The minimum atomic E-state index is -0.294. The Morgan fingerprint density at radius 3 is 2.22 bits per heavy atom. The van der Waals surface area contributed by atoms with Crippen molar-refractivity contribution in [3.63, 3.8) is 0 Å². The fourth-order valence-corrected chi connectivity index (χ4v) is 4.93. The van der Waals surface area contributed by atoms with Crippen LogP contribution in [0.15, 0.2) is 0 Å². The maximum absolute atomic E-state index is 12.4. The number of halogens is 2. The number of amides is 1. The predicted octanol–water partition coefficient (Wildman–Crippen LogP) is 4.21. The maximum Gasteiger partial charge on any atom is 0.228 e. The van der Waals surface area contributed by atoms with Gasteiger partial charge in [0.15, 0.2) is 0 Å². The van der Waals surface area contributed by atoms with E-state index in [1.54, 1.807) is 0 Å². The summed E-state index contributed by atoms with van der Waals surface area (Å²) in [6.45, 7) is 8.92. The lowest BCUT2D eigenvalue weighted by Crippen LogP contribution is -2.46. The number of alkyl halides is 2. The van der Waals surface area contributed by atoms with Gasteiger partial charge < -0.3 is 5.32 Å². The molecule has 0 heterocycles. The summed E-state index contributed by atoms with van der Waals surface area (Å²) in [5.74, 6) is 0.884. The monoisotopic (exact) mass is 379 g/mol. The summed E-state index contributed by atoms with van der Waals surface area (Å²) in [5.41, 5.74) is 0.0534. The van der Waals surface area contributed by atoms with Crippen LogP contribution in [0.3, 0.4) is 0 Å². The van der Waals surface area contributed by atoms with Gasteiger partial charge in [0.2, 0.25) is 5.91 Å². The molecule has 0 bridgehead atoms. The van der Waals surface area contributed by atoms with Crippen molar-refractivity contribution in [1.29, 1.82) is 0 Å². The molecule has 4 heteroatoms. The Morgan fingerprint density at radius 1 is 1.22 bits per heavy atom. The smallest absolute Gasteiger partial charge is 0.228 e. The molecule has 2 aliphatic rings. The van der Waals surface area contributed by atoms with Crippen LogP contribution < -0.4 is 5.32 Å². The van der Waals surface area contributed by atoms with Gasteiger partial charge in [-0.2, -0.15) is 0 Å². The zero-order valence-electron chi connectivity index (χ0n) is 11.6. The third-order valence-electron chi connectivity index (χ3n) is 4.48. The van der Waals surface area contributed by atoms with Crippen LogP contribution in [0.4, 0.5) is 0 Å². The number of carbonyl (C=O) groups excluding carboxylic acids is 1. The molecule has 0 radical (unpaired) electrons. The Kier molecular flexibility index (Phi) is 3.69. The van der Waals surface area contributed by atoms with E-state index in [2.05, 4.69) is 57.9 Å². The topological polar surface area (TPSA) is 29.1 Å². The first-order valence-electron chi connectivity index (χ1n) is 6.75. The molecule has 0 aromatic heterocycles. The molecule has 18 heavy (non-hydrogen) atoms. The largest absolute Gasteiger partial charge is 0.353 e. The Balaban J connectivity index is 1.96. The molecule has 0 aromatic carbocycles.